The fourth-order valence-corrected chi connectivity index (χ4v) is 5.93. The normalized spacial score (nSPS) is 13.9. The summed E-state index contributed by atoms with van der Waals surface area (Å²) in [5.74, 6) is -0.890. The molecule has 0 saturated carbocycles. The molecular weight excluding hydrogens is 629 g/mol. The fraction of sp³-hybridized carbons (Fsp3) is 0.895. The maximum Gasteiger partial charge on any atom is 0.306 e. The Balaban J connectivity index is 4.42. The fourth-order valence-electron chi connectivity index (χ4n) is 5.20. The van der Waals surface area contributed by atoms with E-state index in [-0.39, 0.29) is 26.1 Å². The van der Waals surface area contributed by atoms with Gasteiger partial charge in [0.05, 0.1) is 27.7 Å². The van der Waals surface area contributed by atoms with Crippen molar-refractivity contribution in [3.05, 3.63) is 12.2 Å². The topological polar surface area (TPSA) is 111 Å². The molecule has 0 spiro atoms. The molecule has 0 bridgehead atoms. The monoisotopic (exact) mass is 704 g/mol. The van der Waals surface area contributed by atoms with Crippen LogP contribution in [0.1, 0.15) is 168 Å². The summed E-state index contributed by atoms with van der Waals surface area (Å²) >= 11 is 0. The minimum Gasteiger partial charge on any atom is -0.756 e. The summed E-state index contributed by atoms with van der Waals surface area (Å²) in [6.07, 6.45) is 29.7. The molecule has 1 unspecified atom stereocenters. The highest BCUT2D eigenvalue weighted by molar-refractivity contribution is 7.45. The van der Waals surface area contributed by atoms with Gasteiger partial charge in [-0.1, -0.05) is 142 Å². The Hall–Kier alpha value is -1.25. The molecule has 0 aliphatic heterocycles. The summed E-state index contributed by atoms with van der Waals surface area (Å²) in [5.41, 5.74) is 0. The predicted molar refractivity (Wildman–Crippen MR) is 195 cm³/mol. The number of allylic oxidation sites excluding steroid dienone is 2. The van der Waals surface area contributed by atoms with E-state index in [9.17, 15) is 19.0 Å². The molecule has 0 fully saturated rings. The first-order valence-corrected chi connectivity index (χ1v) is 20.9. The number of hydrogen-bond donors (Lipinski definition) is 0. The minimum absolute atomic E-state index is 0.0326. The number of quaternary nitrogens is 1. The van der Waals surface area contributed by atoms with Crippen molar-refractivity contribution in [3.8, 4) is 0 Å². The van der Waals surface area contributed by atoms with Crippen LogP contribution in [0.4, 0.5) is 0 Å². The van der Waals surface area contributed by atoms with E-state index < -0.39 is 32.5 Å². The van der Waals surface area contributed by atoms with Crippen LogP contribution in [0.15, 0.2) is 12.2 Å². The van der Waals surface area contributed by atoms with Gasteiger partial charge in [0.2, 0.25) is 0 Å². The average molecular weight is 704 g/mol. The molecule has 2 atom stereocenters. The molecule has 0 radical (unpaired) electrons. The zero-order valence-electron chi connectivity index (χ0n) is 31.7. The highest BCUT2D eigenvalue weighted by Crippen LogP contribution is 2.38. The number of carbonyl (C=O) groups is 2. The van der Waals surface area contributed by atoms with Crippen LogP contribution >= 0.6 is 7.82 Å². The van der Waals surface area contributed by atoms with Crippen molar-refractivity contribution in [1.82, 2.24) is 0 Å². The Morgan fingerprint density at radius 2 is 1.10 bits per heavy atom. The first-order valence-electron chi connectivity index (χ1n) is 19.4. The van der Waals surface area contributed by atoms with Gasteiger partial charge in [-0.05, 0) is 25.7 Å². The van der Waals surface area contributed by atoms with E-state index in [0.29, 0.717) is 23.9 Å². The maximum atomic E-state index is 12.5. The lowest BCUT2D eigenvalue weighted by molar-refractivity contribution is -0.870. The van der Waals surface area contributed by atoms with Crippen molar-refractivity contribution in [3.63, 3.8) is 0 Å². The summed E-state index contributed by atoms with van der Waals surface area (Å²) in [6.45, 7) is 4.15. The molecule has 10 heteroatoms. The van der Waals surface area contributed by atoms with Crippen molar-refractivity contribution in [2.75, 3.05) is 47.5 Å². The maximum absolute atomic E-state index is 12.5. The summed E-state index contributed by atoms with van der Waals surface area (Å²) < 4.78 is 33.6. The Kier molecular flexibility index (Phi) is 30.9. The molecule has 0 aromatic carbocycles. The number of unbranched alkanes of at least 4 members (excludes halogenated alkanes) is 19. The zero-order valence-corrected chi connectivity index (χ0v) is 32.6. The van der Waals surface area contributed by atoms with Crippen LogP contribution in [0.2, 0.25) is 0 Å². The van der Waals surface area contributed by atoms with Gasteiger partial charge in [0.1, 0.15) is 19.8 Å². The highest BCUT2D eigenvalue weighted by atomic mass is 31.2. The lowest BCUT2D eigenvalue weighted by Gasteiger charge is -2.28. The summed E-state index contributed by atoms with van der Waals surface area (Å²) in [4.78, 5) is 37.2. The quantitative estimate of drug-likeness (QED) is 0.0211. The second-order valence-electron chi connectivity index (χ2n) is 14.3. The van der Waals surface area contributed by atoms with Gasteiger partial charge in [-0.3, -0.25) is 14.2 Å². The molecular formula is C38H74NO8P. The van der Waals surface area contributed by atoms with E-state index in [1.54, 1.807) is 0 Å². The third-order valence-corrected chi connectivity index (χ3v) is 9.26. The van der Waals surface area contributed by atoms with Crippen molar-refractivity contribution in [2.45, 2.75) is 174 Å². The van der Waals surface area contributed by atoms with Gasteiger partial charge in [-0.15, -0.1) is 0 Å². The van der Waals surface area contributed by atoms with Gasteiger partial charge in [0.25, 0.3) is 7.82 Å². The number of ether oxygens (including phenoxy) is 2. The van der Waals surface area contributed by atoms with Gasteiger partial charge < -0.3 is 27.9 Å². The lowest BCUT2D eigenvalue weighted by atomic mass is 10.1. The van der Waals surface area contributed by atoms with Gasteiger partial charge in [-0.2, -0.15) is 0 Å². The van der Waals surface area contributed by atoms with E-state index in [0.717, 1.165) is 32.1 Å². The van der Waals surface area contributed by atoms with Crippen LogP contribution in [0, 0.1) is 0 Å². The van der Waals surface area contributed by atoms with E-state index in [2.05, 4.69) is 19.9 Å². The first-order chi connectivity index (χ1) is 23.0. The molecule has 0 aliphatic rings. The minimum atomic E-state index is -4.61. The second-order valence-corrected chi connectivity index (χ2v) is 15.7. The van der Waals surface area contributed by atoms with Crippen LogP contribution in [0.5, 0.6) is 0 Å². The molecule has 0 N–H and O–H groups in total. The van der Waals surface area contributed by atoms with Gasteiger partial charge in [-0.25, -0.2) is 0 Å². The van der Waals surface area contributed by atoms with Crippen molar-refractivity contribution in [1.29, 1.82) is 0 Å². The number of hydrogen-bond acceptors (Lipinski definition) is 8. The summed E-state index contributed by atoms with van der Waals surface area (Å²) in [7, 11) is 1.15. The lowest BCUT2D eigenvalue weighted by Crippen LogP contribution is -2.37. The van der Waals surface area contributed by atoms with E-state index in [4.69, 9.17) is 18.5 Å². The summed E-state index contributed by atoms with van der Waals surface area (Å²) in [6, 6.07) is 0. The van der Waals surface area contributed by atoms with Gasteiger partial charge >= 0.3 is 11.9 Å². The molecule has 0 saturated heterocycles. The van der Waals surface area contributed by atoms with E-state index >= 15 is 0 Å². The van der Waals surface area contributed by atoms with Crippen molar-refractivity contribution < 1.29 is 42.1 Å². The van der Waals surface area contributed by atoms with Crippen LogP contribution in [0.25, 0.3) is 0 Å². The van der Waals surface area contributed by atoms with Crippen LogP contribution in [-0.2, 0) is 32.7 Å². The zero-order chi connectivity index (χ0) is 35.8. The Labute approximate surface area is 295 Å². The molecule has 0 amide bonds. The third-order valence-electron chi connectivity index (χ3n) is 8.30. The van der Waals surface area contributed by atoms with Crippen LogP contribution in [-0.4, -0.2) is 70.0 Å². The van der Waals surface area contributed by atoms with E-state index in [1.165, 1.54) is 96.3 Å². The molecule has 0 heterocycles. The number of rotatable bonds is 35. The van der Waals surface area contributed by atoms with Crippen LogP contribution in [0.3, 0.4) is 0 Å². The highest BCUT2D eigenvalue weighted by Gasteiger charge is 2.21. The number of carbonyl (C=O) groups excluding carboxylic acids is 2. The van der Waals surface area contributed by atoms with Crippen LogP contribution < -0.4 is 4.89 Å². The molecule has 0 aromatic rings. The first kappa shape index (κ1) is 46.8. The smallest absolute Gasteiger partial charge is 0.306 e. The Bertz CT molecular complexity index is 845. The predicted octanol–water partition coefficient (Wildman–Crippen LogP) is 9.61. The second kappa shape index (κ2) is 31.7. The Morgan fingerprint density at radius 1 is 0.625 bits per heavy atom. The molecule has 9 nitrogen and oxygen atoms in total. The number of phosphoric ester groups is 1. The molecule has 284 valence electrons. The van der Waals surface area contributed by atoms with Crippen molar-refractivity contribution in [2.24, 2.45) is 0 Å². The molecule has 0 aliphatic carbocycles. The SMILES string of the molecule is CCCCCCCCCCCCC/C=C/CCC(=O)OC[C@@H](COP(=O)([O-])OCC[N+](C)(C)C)OC(=O)CCCCCCCCCCC. The largest absolute Gasteiger partial charge is 0.756 e. The third kappa shape index (κ3) is 34.6. The average Bonchev–Trinajstić information content (AvgIpc) is 3.02. The number of esters is 2. The molecule has 48 heavy (non-hydrogen) atoms. The molecule has 0 aromatic heterocycles. The standard InChI is InChI=1S/C38H74NO8P/c1-6-8-10-12-14-16-17-18-19-20-21-23-24-26-28-30-37(40)44-34-36(35-46-48(42,43)45-33-32-39(3,4)5)47-38(41)31-29-27-25-22-15-13-11-9-7-2/h24,26,36H,6-23,25,27-35H2,1-5H3/b26-24+/t36-/m0/s1. The molecule has 0 rings (SSSR count). The number of nitrogens with zero attached hydrogens (tertiary/aromatic N) is 1. The van der Waals surface area contributed by atoms with Gasteiger partial charge in [0, 0.05) is 12.8 Å². The number of likely N-dealkylation sites (N-methyl/N-ethyl adjacent to an activating group) is 1. The number of phosphoric acid groups is 1. The van der Waals surface area contributed by atoms with E-state index in [1.807, 2.05) is 27.2 Å². The Morgan fingerprint density at radius 3 is 1.62 bits per heavy atom. The van der Waals surface area contributed by atoms with Crippen molar-refractivity contribution >= 4 is 19.8 Å². The summed E-state index contributed by atoms with van der Waals surface area (Å²) in [5, 5.41) is 0. The van der Waals surface area contributed by atoms with Gasteiger partial charge in [0.15, 0.2) is 6.10 Å².